The van der Waals surface area contributed by atoms with Crippen molar-refractivity contribution in [1.29, 1.82) is 0 Å². The average Bonchev–Trinajstić information content (AvgIpc) is 3.11. The number of cyclic esters (lactones) is 1. The predicted octanol–water partition coefficient (Wildman–Crippen LogP) is 1.98. The summed E-state index contributed by atoms with van der Waals surface area (Å²) in [5, 5.41) is 11.5. The monoisotopic (exact) mass is 362 g/mol. The van der Waals surface area contributed by atoms with E-state index in [-0.39, 0.29) is 24.3 Å². The number of carbonyl (C=O) groups excluding carboxylic acids is 2. The summed E-state index contributed by atoms with van der Waals surface area (Å²) in [5.41, 5.74) is -0.0568. The first-order valence-electron chi connectivity index (χ1n) is 8.23. The molecular formula is C17H22N4O3S. The molecule has 25 heavy (non-hydrogen) atoms. The topological polar surface area (TPSA) is 85.6 Å². The molecule has 0 bridgehead atoms. The molecule has 2 atom stereocenters. The number of hydrogen-bond acceptors (Lipinski definition) is 6. The summed E-state index contributed by atoms with van der Waals surface area (Å²) in [5.74, 6) is 0.543. The molecule has 7 nitrogen and oxygen atoms in total. The van der Waals surface area contributed by atoms with Gasteiger partial charge in [-0.1, -0.05) is 6.07 Å². The molecule has 3 heterocycles. The van der Waals surface area contributed by atoms with E-state index in [1.54, 1.807) is 25.6 Å². The highest BCUT2D eigenvalue weighted by molar-refractivity contribution is 7.98. The van der Waals surface area contributed by atoms with Crippen LogP contribution in [0, 0.1) is 5.92 Å². The van der Waals surface area contributed by atoms with Crippen LogP contribution in [0.5, 0.6) is 0 Å². The highest BCUT2D eigenvalue weighted by Crippen LogP contribution is 2.33. The number of rotatable bonds is 6. The van der Waals surface area contributed by atoms with Crippen LogP contribution in [0.4, 0.5) is 0 Å². The smallest absolute Gasteiger partial charge is 0.307 e. The molecule has 1 aliphatic rings. The van der Waals surface area contributed by atoms with Gasteiger partial charge in [0.05, 0.1) is 18.4 Å². The summed E-state index contributed by atoms with van der Waals surface area (Å²) < 4.78 is 7.15. The second-order valence-electron chi connectivity index (χ2n) is 6.66. The summed E-state index contributed by atoms with van der Waals surface area (Å²) in [6, 6.07) is 5.40. The Morgan fingerprint density at radius 3 is 2.96 bits per heavy atom. The molecule has 1 amide bonds. The van der Waals surface area contributed by atoms with Crippen LogP contribution in [0.2, 0.25) is 0 Å². The van der Waals surface area contributed by atoms with Crippen molar-refractivity contribution in [1.82, 2.24) is 19.9 Å². The standard InChI is InChI=1S/C17H22N4O3S/c1-17(2)11(10-14(22)24-17)16(23)18-12(7-9-25-3)15-20-19-13-6-4-5-8-21(13)15/h4-6,8,11-12H,7,9-10H2,1-3H3,(H,18,23)/t11-,12+/m1/s1. The zero-order valence-electron chi connectivity index (χ0n) is 14.6. The van der Waals surface area contributed by atoms with Gasteiger partial charge >= 0.3 is 5.97 Å². The maximum atomic E-state index is 12.8. The third kappa shape index (κ3) is 3.63. The molecule has 1 N–H and O–H groups in total. The number of carbonyl (C=O) groups is 2. The van der Waals surface area contributed by atoms with Crippen molar-refractivity contribution in [3.63, 3.8) is 0 Å². The fraction of sp³-hybridized carbons (Fsp3) is 0.529. The van der Waals surface area contributed by atoms with E-state index in [0.29, 0.717) is 5.82 Å². The largest absolute Gasteiger partial charge is 0.459 e. The molecule has 2 aromatic rings. The number of aromatic nitrogens is 3. The van der Waals surface area contributed by atoms with E-state index < -0.39 is 11.5 Å². The van der Waals surface area contributed by atoms with Crippen molar-refractivity contribution in [2.24, 2.45) is 5.92 Å². The normalized spacial score (nSPS) is 20.4. The van der Waals surface area contributed by atoms with E-state index in [1.165, 1.54) is 0 Å². The number of ether oxygens (including phenoxy) is 1. The Balaban J connectivity index is 1.84. The van der Waals surface area contributed by atoms with Crippen molar-refractivity contribution in [2.45, 2.75) is 38.3 Å². The SMILES string of the molecule is CSCC[C@H](NC(=O)[C@H]1CC(=O)OC1(C)C)c1nnc2ccccn12. The molecule has 1 aliphatic heterocycles. The summed E-state index contributed by atoms with van der Waals surface area (Å²) in [7, 11) is 0. The van der Waals surface area contributed by atoms with Gasteiger partial charge in [0.2, 0.25) is 5.91 Å². The molecule has 0 saturated carbocycles. The van der Waals surface area contributed by atoms with Crippen LogP contribution < -0.4 is 5.32 Å². The summed E-state index contributed by atoms with van der Waals surface area (Å²) >= 11 is 1.70. The van der Waals surface area contributed by atoms with Gasteiger partial charge in [0.1, 0.15) is 5.60 Å². The van der Waals surface area contributed by atoms with Gasteiger partial charge in [-0.3, -0.25) is 14.0 Å². The van der Waals surface area contributed by atoms with E-state index in [9.17, 15) is 9.59 Å². The highest BCUT2D eigenvalue weighted by Gasteiger charge is 2.46. The predicted molar refractivity (Wildman–Crippen MR) is 95.1 cm³/mol. The van der Waals surface area contributed by atoms with Gasteiger partial charge in [0.25, 0.3) is 0 Å². The number of amides is 1. The van der Waals surface area contributed by atoms with Crippen LogP contribution in [0.1, 0.15) is 38.6 Å². The van der Waals surface area contributed by atoms with Crippen molar-refractivity contribution < 1.29 is 14.3 Å². The molecule has 0 radical (unpaired) electrons. The van der Waals surface area contributed by atoms with Crippen molar-refractivity contribution in [2.75, 3.05) is 12.0 Å². The van der Waals surface area contributed by atoms with E-state index in [4.69, 9.17) is 4.74 Å². The molecule has 8 heteroatoms. The lowest BCUT2D eigenvalue weighted by molar-refractivity contribution is -0.147. The van der Waals surface area contributed by atoms with Crippen molar-refractivity contribution in [3.8, 4) is 0 Å². The Bertz CT molecular complexity index is 789. The lowest BCUT2D eigenvalue weighted by Gasteiger charge is -2.26. The Kier molecular flexibility index (Phi) is 4.99. The Morgan fingerprint density at radius 2 is 2.28 bits per heavy atom. The van der Waals surface area contributed by atoms with Crippen LogP contribution >= 0.6 is 11.8 Å². The van der Waals surface area contributed by atoms with Gasteiger partial charge in [-0.2, -0.15) is 11.8 Å². The Morgan fingerprint density at radius 1 is 1.48 bits per heavy atom. The molecular weight excluding hydrogens is 340 g/mol. The number of thioether (sulfide) groups is 1. The quantitative estimate of drug-likeness (QED) is 0.791. The van der Waals surface area contributed by atoms with Gasteiger partial charge < -0.3 is 10.1 Å². The molecule has 3 rings (SSSR count). The van der Waals surface area contributed by atoms with Gasteiger partial charge in [-0.15, -0.1) is 10.2 Å². The maximum absolute atomic E-state index is 12.8. The summed E-state index contributed by atoms with van der Waals surface area (Å²) in [6.45, 7) is 3.54. The lowest BCUT2D eigenvalue weighted by Crippen LogP contribution is -2.42. The number of fused-ring (bicyclic) bond motifs is 1. The van der Waals surface area contributed by atoms with E-state index >= 15 is 0 Å². The zero-order chi connectivity index (χ0) is 18.0. The molecule has 1 fully saturated rings. The van der Waals surface area contributed by atoms with E-state index in [0.717, 1.165) is 17.8 Å². The number of hydrogen-bond donors (Lipinski definition) is 1. The van der Waals surface area contributed by atoms with E-state index in [1.807, 2.05) is 35.1 Å². The van der Waals surface area contributed by atoms with Gasteiger partial charge in [0, 0.05) is 6.20 Å². The molecule has 2 aromatic heterocycles. The van der Waals surface area contributed by atoms with Crippen LogP contribution in [-0.4, -0.2) is 44.1 Å². The summed E-state index contributed by atoms with van der Waals surface area (Å²) in [6.07, 6.45) is 4.74. The first-order valence-corrected chi connectivity index (χ1v) is 9.62. The Labute approximate surface area is 150 Å². The minimum Gasteiger partial charge on any atom is -0.459 e. The second-order valence-corrected chi connectivity index (χ2v) is 7.65. The molecule has 0 aliphatic carbocycles. The number of esters is 1. The first-order chi connectivity index (χ1) is 11.9. The van der Waals surface area contributed by atoms with Gasteiger partial charge in [-0.05, 0) is 44.4 Å². The van der Waals surface area contributed by atoms with E-state index in [2.05, 4.69) is 15.5 Å². The van der Waals surface area contributed by atoms with Crippen LogP contribution in [-0.2, 0) is 14.3 Å². The second kappa shape index (κ2) is 7.03. The maximum Gasteiger partial charge on any atom is 0.307 e. The fourth-order valence-corrected chi connectivity index (χ4v) is 3.57. The molecule has 0 aromatic carbocycles. The van der Waals surface area contributed by atoms with Crippen LogP contribution in [0.3, 0.4) is 0 Å². The van der Waals surface area contributed by atoms with Crippen LogP contribution in [0.15, 0.2) is 24.4 Å². The van der Waals surface area contributed by atoms with Crippen molar-refractivity contribution in [3.05, 3.63) is 30.2 Å². The first kappa shape index (κ1) is 17.7. The highest BCUT2D eigenvalue weighted by atomic mass is 32.2. The average molecular weight is 362 g/mol. The number of pyridine rings is 1. The zero-order valence-corrected chi connectivity index (χ0v) is 15.4. The van der Waals surface area contributed by atoms with Crippen molar-refractivity contribution >= 4 is 29.3 Å². The minimum absolute atomic E-state index is 0.106. The molecule has 0 spiro atoms. The Hall–Kier alpha value is -2.09. The fourth-order valence-electron chi connectivity index (χ4n) is 3.10. The lowest BCUT2D eigenvalue weighted by atomic mass is 9.89. The number of nitrogens with zero attached hydrogens (tertiary/aromatic N) is 3. The number of nitrogens with one attached hydrogen (secondary N) is 1. The van der Waals surface area contributed by atoms with Crippen LogP contribution in [0.25, 0.3) is 5.65 Å². The molecule has 1 saturated heterocycles. The third-order valence-electron chi connectivity index (χ3n) is 4.48. The molecule has 134 valence electrons. The third-order valence-corrected chi connectivity index (χ3v) is 5.13. The van der Waals surface area contributed by atoms with Gasteiger partial charge in [0.15, 0.2) is 11.5 Å². The van der Waals surface area contributed by atoms with Gasteiger partial charge in [-0.25, -0.2) is 0 Å². The minimum atomic E-state index is -0.794. The molecule has 0 unspecified atom stereocenters. The summed E-state index contributed by atoms with van der Waals surface area (Å²) in [4.78, 5) is 24.4.